The summed E-state index contributed by atoms with van der Waals surface area (Å²) in [5.41, 5.74) is -0.0102. The number of aromatic amines is 2. The molecule has 0 spiro atoms. The highest BCUT2D eigenvalue weighted by molar-refractivity contribution is 5.56. The molecule has 0 unspecified atom stereocenters. The first-order chi connectivity index (χ1) is 9.77. The van der Waals surface area contributed by atoms with Crippen LogP contribution >= 0.6 is 0 Å². The number of aromatic nitrogens is 6. The fourth-order valence-electron chi connectivity index (χ4n) is 2.75. The minimum absolute atomic E-state index is 0.0102. The molecule has 0 aliphatic carbocycles. The Morgan fingerprint density at radius 3 is 1.90 bits per heavy atom. The van der Waals surface area contributed by atoms with E-state index >= 15 is 0 Å². The number of anilines is 2. The van der Waals surface area contributed by atoms with Crippen LogP contribution < -0.4 is 4.90 Å². The van der Waals surface area contributed by atoms with Crippen LogP contribution in [0, 0.1) is 0 Å². The van der Waals surface area contributed by atoms with E-state index in [1.54, 1.807) is 12.4 Å². The van der Waals surface area contributed by atoms with Crippen molar-refractivity contribution in [3.05, 3.63) is 12.4 Å². The highest BCUT2D eigenvalue weighted by atomic mass is 15.5. The second-order valence-corrected chi connectivity index (χ2v) is 5.03. The maximum atomic E-state index is 4.18. The normalized spacial score (nSPS) is 11.8. The lowest BCUT2D eigenvalue weighted by molar-refractivity contribution is 0.346. The Hall–Kier alpha value is -1.92. The van der Waals surface area contributed by atoms with Gasteiger partial charge in [0.1, 0.15) is 0 Å². The molecule has 0 fully saturated rings. The Labute approximate surface area is 119 Å². The summed E-state index contributed by atoms with van der Waals surface area (Å²) in [4.78, 5) is 2.16. The van der Waals surface area contributed by atoms with Crippen LogP contribution in [0.4, 0.5) is 11.6 Å². The molecular formula is C13H23N7. The molecule has 0 bridgehead atoms. The highest BCUT2D eigenvalue weighted by Gasteiger charge is 2.36. The van der Waals surface area contributed by atoms with Gasteiger partial charge in [-0.05, 0) is 19.3 Å². The molecule has 20 heavy (non-hydrogen) atoms. The molecule has 0 aliphatic heterocycles. The average molecular weight is 277 g/mol. The van der Waals surface area contributed by atoms with Crippen molar-refractivity contribution < 1.29 is 0 Å². The summed E-state index contributed by atoms with van der Waals surface area (Å²) >= 11 is 0. The van der Waals surface area contributed by atoms with Gasteiger partial charge in [0.15, 0.2) is 11.6 Å². The zero-order valence-corrected chi connectivity index (χ0v) is 12.4. The van der Waals surface area contributed by atoms with Crippen molar-refractivity contribution in [3.63, 3.8) is 0 Å². The van der Waals surface area contributed by atoms with E-state index in [2.05, 4.69) is 56.5 Å². The molecule has 2 N–H and O–H groups in total. The smallest absolute Gasteiger partial charge is 0.177 e. The second-order valence-electron chi connectivity index (χ2n) is 5.03. The summed E-state index contributed by atoms with van der Waals surface area (Å²) in [7, 11) is 0. The molecule has 0 aromatic carbocycles. The predicted octanol–water partition coefficient (Wildman–Crippen LogP) is 2.81. The summed E-state index contributed by atoms with van der Waals surface area (Å²) < 4.78 is 0. The number of rotatable bonds is 8. The van der Waals surface area contributed by atoms with Gasteiger partial charge in [-0.25, -0.2) is 0 Å². The van der Waals surface area contributed by atoms with Gasteiger partial charge in [-0.1, -0.05) is 44.0 Å². The van der Waals surface area contributed by atoms with Crippen LogP contribution in [-0.2, 0) is 0 Å². The minimum Gasteiger partial charge on any atom is -0.299 e. The average Bonchev–Trinajstić information content (AvgIpc) is 3.17. The molecule has 7 heteroatoms. The van der Waals surface area contributed by atoms with Crippen LogP contribution in [0.2, 0.25) is 0 Å². The van der Waals surface area contributed by atoms with Gasteiger partial charge in [0.2, 0.25) is 0 Å². The first-order valence-electron chi connectivity index (χ1n) is 7.30. The Morgan fingerprint density at radius 2 is 1.55 bits per heavy atom. The summed E-state index contributed by atoms with van der Waals surface area (Å²) in [6.45, 7) is 6.64. The zero-order chi connectivity index (χ0) is 14.4. The lowest BCUT2D eigenvalue weighted by Crippen LogP contribution is -2.45. The van der Waals surface area contributed by atoms with Gasteiger partial charge in [0.05, 0.1) is 12.4 Å². The molecule has 2 rings (SSSR count). The maximum absolute atomic E-state index is 4.18. The first kappa shape index (κ1) is 14.5. The number of hydrogen-bond donors (Lipinski definition) is 2. The standard InChI is InChI=1S/C13H23N7/c1-4-7-8-13(5-2,6-3)20(11-9-14-18-16-11)12-10-15-19-17-12/h9-10H,4-8H2,1-3H3,(H,14,16,18)(H,15,17,19). The number of H-pyrrole nitrogens is 2. The quantitative estimate of drug-likeness (QED) is 0.774. The molecule has 2 aromatic heterocycles. The predicted molar refractivity (Wildman–Crippen MR) is 77.7 cm³/mol. The van der Waals surface area contributed by atoms with E-state index in [4.69, 9.17) is 0 Å². The number of nitrogens with zero attached hydrogens (tertiary/aromatic N) is 5. The van der Waals surface area contributed by atoms with Crippen molar-refractivity contribution in [3.8, 4) is 0 Å². The molecule has 0 atom stereocenters. The number of unbranched alkanes of at least 4 members (excludes halogenated alkanes) is 1. The van der Waals surface area contributed by atoms with Crippen LogP contribution in [0.15, 0.2) is 12.4 Å². The van der Waals surface area contributed by atoms with Gasteiger partial charge >= 0.3 is 0 Å². The molecule has 0 radical (unpaired) electrons. The van der Waals surface area contributed by atoms with Crippen LogP contribution in [-0.4, -0.2) is 36.4 Å². The van der Waals surface area contributed by atoms with Gasteiger partial charge in [0, 0.05) is 5.54 Å². The topological polar surface area (TPSA) is 86.4 Å². The molecule has 0 amide bonds. The molecule has 110 valence electrons. The Bertz CT molecular complexity index is 439. The molecular weight excluding hydrogens is 254 g/mol. The van der Waals surface area contributed by atoms with Crippen molar-refractivity contribution in [2.24, 2.45) is 0 Å². The summed E-state index contributed by atoms with van der Waals surface area (Å²) in [6, 6.07) is 0. The van der Waals surface area contributed by atoms with Crippen molar-refractivity contribution in [1.29, 1.82) is 0 Å². The first-order valence-corrected chi connectivity index (χ1v) is 7.30. The Kier molecular flexibility index (Phi) is 4.70. The van der Waals surface area contributed by atoms with Gasteiger partial charge in [0.25, 0.3) is 0 Å². The third-order valence-corrected chi connectivity index (χ3v) is 4.05. The second kappa shape index (κ2) is 6.49. The lowest BCUT2D eigenvalue weighted by Gasteiger charge is -2.42. The Balaban J connectivity index is 2.42. The van der Waals surface area contributed by atoms with Crippen LogP contribution in [0.5, 0.6) is 0 Å². The summed E-state index contributed by atoms with van der Waals surface area (Å²) in [5.74, 6) is 1.58. The Morgan fingerprint density at radius 1 is 1.00 bits per heavy atom. The zero-order valence-electron chi connectivity index (χ0n) is 12.4. The van der Waals surface area contributed by atoms with Crippen LogP contribution in [0.25, 0.3) is 0 Å². The molecule has 0 saturated heterocycles. The van der Waals surface area contributed by atoms with Crippen LogP contribution in [0.3, 0.4) is 0 Å². The monoisotopic (exact) mass is 277 g/mol. The SMILES string of the molecule is CCCCC(CC)(CC)N(c1c[nH]nn1)c1c[nH]nn1. The molecule has 2 heterocycles. The fourth-order valence-corrected chi connectivity index (χ4v) is 2.75. The van der Waals surface area contributed by atoms with E-state index in [-0.39, 0.29) is 5.54 Å². The van der Waals surface area contributed by atoms with Crippen molar-refractivity contribution in [2.45, 2.75) is 58.4 Å². The molecule has 7 nitrogen and oxygen atoms in total. The van der Waals surface area contributed by atoms with Crippen molar-refractivity contribution in [2.75, 3.05) is 4.90 Å². The van der Waals surface area contributed by atoms with E-state index < -0.39 is 0 Å². The number of hydrogen-bond acceptors (Lipinski definition) is 5. The van der Waals surface area contributed by atoms with Crippen molar-refractivity contribution >= 4 is 11.6 Å². The van der Waals surface area contributed by atoms with E-state index in [9.17, 15) is 0 Å². The molecule has 0 saturated carbocycles. The number of nitrogens with one attached hydrogen (secondary N) is 2. The lowest BCUT2D eigenvalue weighted by atomic mass is 9.85. The minimum atomic E-state index is -0.0102. The highest BCUT2D eigenvalue weighted by Crippen LogP contribution is 2.37. The summed E-state index contributed by atoms with van der Waals surface area (Å²) in [5, 5.41) is 21.6. The third kappa shape index (κ3) is 2.66. The van der Waals surface area contributed by atoms with E-state index in [1.165, 1.54) is 12.8 Å². The largest absolute Gasteiger partial charge is 0.299 e. The van der Waals surface area contributed by atoms with E-state index in [0.29, 0.717) is 0 Å². The summed E-state index contributed by atoms with van der Waals surface area (Å²) in [6.07, 6.45) is 9.09. The molecule has 2 aromatic rings. The molecule has 0 aliphatic rings. The maximum Gasteiger partial charge on any atom is 0.177 e. The van der Waals surface area contributed by atoms with Crippen LogP contribution in [0.1, 0.15) is 52.9 Å². The van der Waals surface area contributed by atoms with Gasteiger partial charge < -0.3 is 0 Å². The fraction of sp³-hybridized carbons (Fsp3) is 0.692. The van der Waals surface area contributed by atoms with Gasteiger partial charge in [-0.3, -0.25) is 15.1 Å². The van der Waals surface area contributed by atoms with E-state index in [1.807, 2.05) is 0 Å². The van der Waals surface area contributed by atoms with E-state index in [0.717, 1.165) is 30.9 Å². The third-order valence-electron chi connectivity index (χ3n) is 4.05. The van der Waals surface area contributed by atoms with Crippen molar-refractivity contribution in [1.82, 2.24) is 30.8 Å². The van der Waals surface area contributed by atoms with Gasteiger partial charge in [-0.2, -0.15) is 0 Å². The van der Waals surface area contributed by atoms with Gasteiger partial charge in [-0.15, -0.1) is 10.2 Å².